The Balaban J connectivity index is 3.09. The molecule has 0 bridgehead atoms. The van der Waals surface area contributed by atoms with E-state index in [1.165, 1.54) is 0 Å². The van der Waals surface area contributed by atoms with Crippen LogP contribution in [0.5, 0.6) is 5.88 Å². The van der Waals surface area contributed by atoms with E-state index < -0.39 is 52.9 Å². The Morgan fingerprint density at radius 3 is 2.25 bits per heavy atom. The summed E-state index contributed by atoms with van der Waals surface area (Å²) >= 11 is 0. The molecule has 0 aliphatic carbocycles. The average molecular weight is 356 g/mol. The fourth-order valence-corrected chi connectivity index (χ4v) is 1.56. The second kappa shape index (κ2) is 6.38. The summed E-state index contributed by atoms with van der Waals surface area (Å²) in [6.07, 6.45) is -4.79. The van der Waals surface area contributed by atoms with Crippen LogP contribution in [0.25, 0.3) is 0 Å². The first kappa shape index (κ1) is 19.9. The topological polar surface area (TPSA) is 103 Å². The Kier molecular flexibility index (Phi) is 5.28. The van der Waals surface area contributed by atoms with E-state index in [0.29, 0.717) is 13.0 Å². The number of nitrogen functional groups attached to an aromatic ring is 1. The van der Waals surface area contributed by atoms with Crippen molar-refractivity contribution in [1.82, 2.24) is 10.3 Å². The van der Waals surface area contributed by atoms with Crippen LogP contribution in [0, 0.1) is 0 Å². The molecule has 136 valence electrons. The minimum atomic E-state index is -4.79. The number of nitrogens with two attached hydrogens (primary N) is 2. The Morgan fingerprint density at radius 1 is 1.29 bits per heavy atom. The molecule has 1 aromatic heterocycles. The van der Waals surface area contributed by atoms with Gasteiger partial charge in [-0.3, -0.25) is 4.79 Å². The molecule has 1 rings (SSSR count). The van der Waals surface area contributed by atoms with Crippen LogP contribution in [0.4, 0.5) is 27.6 Å². The number of hydrogen-bond acceptors (Lipinski definition) is 5. The van der Waals surface area contributed by atoms with Crippen molar-refractivity contribution in [3.05, 3.63) is 17.3 Å². The molecule has 0 saturated heterocycles. The molecule has 0 fully saturated rings. The molecule has 0 radical (unpaired) electrons. The highest BCUT2D eigenvalue weighted by Crippen LogP contribution is 2.36. The van der Waals surface area contributed by atoms with Crippen molar-refractivity contribution in [2.45, 2.75) is 31.5 Å². The SMILES string of the molecule is COc1nc(C(=O)NCC(C)(N)C(C)(F)F)c(N)cc1C(F)(F)F. The zero-order valence-electron chi connectivity index (χ0n) is 13.1. The quantitative estimate of drug-likeness (QED) is 0.698. The van der Waals surface area contributed by atoms with E-state index in [1.54, 1.807) is 0 Å². The van der Waals surface area contributed by atoms with Crippen LogP contribution < -0.4 is 21.5 Å². The number of halogens is 5. The number of nitrogens with one attached hydrogen (secondary N) is 1. The van der Waals surface area contributed by atoms with Crippen molar-refractivity contribution < 1.29 is 31.5 Å². The predicted molar refractivity (Wildman–Crippen MR) is 75.8 cm³/mol. The molecule has 1 unspecified atom stereocenters. The van der Waals surface area contributed by atoms with Gasteiger partial charge in [-0.2, -0.15) is 13.2 Å². The van der Waals surface area contributed by atoms with E-state index in [1.807, 2.05) is 0 Å². The Bertz CT molecular complexity index is 626. The molecule has 0 aromatic carbocycles. The molecular formula is C13H17F5N4O2. The molecule has 0 aliphatic rings. The summed E-state index contributed by atoms with van der Waals surface area (Å²) in [5.41, 5.74) is 6.31. The smallest absolute Gasteiger partial charge is 0.421 e. The van der Waals surface area contributed by atoms with Crippen LogP contribution in [-0.4, -0.2) is 36.0 Å². The number of nitrogens with zero attached hydrogens (tertiary/aromatic N) is 1. The number of rotatable bonds is 5. The molecular weight excluding hydrogens is 339 g/mol. The predicted octanol–water partition coefficient (Wildman–Crippen LogP) is 1.79. The zero-order chi connectivity index (χ0) is 18.9. The van der Waals surface area contributed by atoms with Crippen LogP contribution in [0.15, 0.2) is 6.07 Å². The normalized spacial score (nSPS) is 14.9. The maximum Gasteiger partial charge on any atom is 0.421 e. The molecule has 0 aliphatic heterocycles. The van der Waals surface area contributed by atoms with Gasteiger partial charge in [0.2, 0.25) is 5.88 Å². The lowest BCUT2D eigenvalue weighted by Gasteiger charge is -2.31. The van der Waals surface area contributed by atoms with Crippen molar-refractivity contribution in [1.29, 1.82) is 0 Å². The van der Waals surface area contributed by atoms with E-state index in [-0.39, 0.29) is 0 Å². The van der Waals surface area contributed by atoms with Gasteiger partial charge >= 0.3 is 6.18 Å². The van der Waals surface area contributed by atoms with Crippen molar-refractivity contribution in [3.63, 3.8) is 0 Å². The largest absolute Gasteiger partial charge is 0.481 e. The molecule has 1 heterocycles. The van der Waals surface area contributed by atoms with Crippen LogP contribution in [0.1, 0.15) is 29.9 Å². The van der Waals surface area contributed by atoms with Gasteiger partial charge in [0.1, 0.15) is 5.56 Å². The van der Waals surface area contributed by atoms with E-state index in [9.17, 15) is 26.7 Å². The van der Waals surface area contributed by atoms with Gasteiger partial charge in [0.25, 0.3) is 11.8 Å². The molecule has 6 nitrogen and oxygen atoms in total. The Morgan fingerprint density at radius 2 is 1.83 bits per heavy atom. The monoisotopic (exact) mass is 356 g/mol. The first-order valence-electron chi connectivity index (χ1n) is 6.57. The van der Waals surface area contributed by atoms with Gasteiger partial charge < -0.3 is 21.5 Å². The fraction of sp³-hybridized carbons (Fsp3) is 0.538. The first-order chi connectivity index (χ1) is 10.7. The van der Waals surface area contributed by atoms with E-state index in [4.69, 9.17) is 11.5 Å². The molecule has 1 aromatic rings. The van der Waals surface area contributed by atoms with Gasteiger partial charge in [-0.05, 0) is 13.0 Å². The number of alkyl halides is 5. The lowest BCUT2D eigenvalue weighted by molar-refractivity contribution is -0.139. The molecule has 5 N–H and O–H groups in total. The molecule has 24 heavy (non-hydrogen) atoms. The number of methoxy groups -OCH3 is 1. The standard InChI is InChI=1S/C13H17F5N4O2/c1-11(20,12(2,14)15)5-21-9(23)8-7(19)4-6(13(16,17)18)10(22-8)24-3/h4H,5,19-20H2,1-3H3,(H,21,23). The highest BCUT2D eigenvalue weighted by atomic mass is 19.4. The summed E-state index contributed by atoms with van der Waals surface area (Å²) in [4.78, 5) is 15.4. The third kappa shape index (κ3) is 4.22. The Hall–Kier alpha value is -2.17. The van der Waals surface area contributed by atoms with Crippen molar-refractivity contribution in [2.75, 3.05) is 19.4 Å². The second-order valence-electron chi connectivity index (χ2n) is 5.47. The summed E-state index contributed by atoms with van der Waals surface area (Å²) in [6.45, 7) is 0.935. The highest BCUT2D eigenvalue weighted by molar-refractivity contribution is 5.97. The highest BCUT2D eigenvalue weighted by Gasteiger charge is 2.43. The number of aromatic nitrogens is 1. The van der Waals surface area contributed by atoms with Crippen LogP contribution >= 0.6 is 0 Å². The minimum Gasteiger partial charge on any atom is -0.481 e. The lowest BCUT2D eigenvalue weighted by atomic mass is 9.96. The second-order valence-corrected chi connectivity index (χ2v) is 5.47. The summed E-state index contributed by atoms with van der Waals surface area (Å²) < 4.78 is 69.5. The molecule has 1 atom stereocenters. The van der Waals surface area contributed by atoms with E-state index >= 15 is 0 Å². The summed E-state index contributed by atoms with van der Waals surface area (Å²) in [7, 11) is 0.935. The number of ether oxygens (including phenoxy) is 1. The maximum absolute atomic E-state index is 13.3. The number of carbonyl (C=O) groups excluding carboxylic acids is 1. The first-order valence-corrected chi connectivity index (χ1v) is 6.57. The minimum absolute atomic E-state index is 0.483. The van der Waals surface area contributed by atoms with Crippen molar-refractivity contribution in [2.24, 2.45) is 5.73 Å². The van der Waals surface area contributed by atoms with Crippen LogP contribution in [0.2, 0.25) is 0 Å². The summed E-state index contributed by atoms with van der Waals surface area (Å²) in [5, 5.41) is 2.07. The average Bonchev–Trinajstić information content (AvgIpc) is 2.42. The third-order valence-electron chi connectivity index (χ3n) is 3.35. The maximum atomic E-state index is 13.3. The van der Waals surface area contributed by atoms with Gasteiger partial charge in [-0.15, -0.1) is 0 Å². The molecule has 0 saturated carbocycles. The van der Waals surface area contributed by atoms with Crippen molar-refractivity contribution >= 4 is 11.6 Å². The van der Waals surface area contributed by atoms with Gasteiger partial charge in [0.15, 0.2) is 5.69 Å². The van der Waals surface area contributed by atoms with Crippen molar-refractivity contribution in [3.8, 4) is 5.88 Å². The van der Waals surface area contributed by atoms with E-state index in [0.717, 1.165) is 14.0 Å². The number of carbonyl (C=O) groups is 1. The van der Waals surface area contributed by atoms with E-state index in [2.05, 4.69) is 15.0 Å². The molecule has 1 amide bonds. The van der Waals surface area contributed by atoms with Crippen LogP contribution in [0.3, 0.4) is 0 Å². The zero-order valence-corrected chi connectivity index (χ0v) is 13.1. The van der Waals surface area contributed by atoms with Crippen LogP contribution in [-0.2, 0) is 6.18 Å². The lowest BCUT2D eigenvalue weighted by Crippen LogP contribution is -2.58. The number of pyridine rings is 1. The summed E-state index contributed by atoms with van der Waals surface area (Å²) in [6, 6.07) is 0.483. The van der Waals surface area contributed by atoms with Gasteiger partial charge in [0, 0.05) is 13.5 Å². The number of hydrogen-bond donors (Lipinski definition) is 3. The van der Waals surface area contributed by atoms with Gasteiger partial charge in [-0.1, -0.05) is 0 Å². The molecule has 11 heteroatoms. The molecule has 0 spiro atoms. The van der Waals surface area contributed by atoms with Gasteiger partial charge in [-0.25, -0.2) is 13.8 Å². The third-order valence-corrected chi connectivity index (χ3v) is 3.35. The number of amides is 1. The van der Waals surface area contributed by atoms with Gasteiger partial charge in [0.05, 0.1) is 18.3 Å². The summed E-state index contributed by atoms with van der Waals surface area (Å²) in [5.74, 6) is -5.23. The fourth-order valence-electron chi connectivity index (χ4n) is 1.56. The number of anilines is 1. The Labute approximate surface area is 134 Å².